The van der Waals surface area contributed by atoms with Crippen LogP contribution in [0.15, 0.2) is 54.6 Å². The van der Waals surface area contributed by atoms with E-state index in [1.807, 2.05) is 65.6 Å². The molecule has 0 aromatic heterocycles. The molecule has 20 heavy (non-hydrogen) atoms. The Bertz CT molecular complexity index is 659. The van der Waals surface area contributed by atoms with Gasteiger partial charge in [-0.3, -0.25) is 4.79 Å². The summed E-state index contributed by atoms with van der Waals surface area (Å²) >= 11 is 0. The molecule has 1 amide bonds. The molecular formula is C17H16N2O. The van der Waals surface area contributed by atoms with Crippen molar-refractivity contribution in [2.45, 2.75) is 6.54 Å². The molecule has 0 bridgehead atoms. The Morgan fingerprint density at radius 2 is 1.85 bits per heavy atom. The van der Waals surface area contributed by atoms with Crippen LogP contribution in [0.2, 0.25) is 0 Å². The fraction of sp³-hybridized carbons (Fsp3) is 0.118. The highest BCUT2D eigenvalue weighted by Crippen LogP contribution is 2.22. The number of carbonyl (C=O) groups is 1. The molecule has 100 valence electrons. The van der Waals surface area contributed by atoms with Crippen molar-refractivity contribution >= 4 is 17.7 Å². The van der Waals surface area contributed by atoms with Crippen molar-refractivity contribution in [3.63, 3.8) is 0 Å². The highest BCUT2D eigenvalue weighted by atomic mass is 16.2. The predicted octanol–water partition coefficient (Wildman–Crippen LogP) is 2.94. The van der Waals surface area contributed by atoms with Crippen molar-refractivity contribution in [2.24, 2.45) is 0 Å². The van der Waals surface area contributed by atoms with Gasteiger partial charge in [0.15, 0.2) is 0 Å². The summed E-state index contributed by atoms with van der Waals surface area (Å²) in [5.74, 6) is 0.113. The minimum atomic E-state index is 0.113. The summed E-state index contributed by atoms with van der Waals surface area (Å²) in [7, 11) is 0. The zero-order chi connectivity index (χ0) is 13.9. The second-order valence-electron chi connectivity index (χ2n) is 4.91. The molecule has 1 heterocycles. The van der Waals surface area contributed by atoms with E-state index < -0.39 is 0 Å². The number of fused-ring (bicyclic) bond motifs is 1. The molecule has 0 unspecified atom stereocenters. The number of rotatable bonds is 3. The molecule has 1 aliphatic heterocycles. The number of nitrogens with zero attached hydrogens (tertiary/aromatic N) is 1. The highest BCUT2D eigenvalue weighted by Gasteiger charge is 2.25. The van der Waals surface area contributed by atoms with E-state index in [0.717, 1.165) is 22.4 Å². The number of nitrogens with two attached hydrogens (primary N) is 1. The fourth-order valence-electron chi connectivity index (χ4n) is 2.39. The van der Waals surface area contributed by atoms with Crippen LogP contribution in [0, 0.1) is 0 Å². The second kappa shape index (κ2) is 5.21. The summed E-state index contributed by atoms with van der Waals surface area (Å²) in [6, 6.07) is 15.5. The first-order valence-electron chi connectivity index (χ1n) is 6.63. The largest absolute Gasteiger partial charge is 0.399 e. The number of hydrogen-bond donors (Lipinski definition) is 1. The third kappa shape index (κ3) is 2.43. The number of amides is 1. The van der Waals surface area contributed by atoms with Crippen LogP contribution in [0.5, 0.6) is 0 Å². The van der Waals surface area contributed by atoms with E-state index in [2.05, 4.69) is 0 Å². The highest BCUT2D eigenvalue weighted by molar-refractivity contribution is 5.98. The monoisotopic (exact) mass is 264 g/mol. The SMILES string of the molecule is Nc1ccc(C=CCN2Cc3ccccc3C2=O)cc1. The van der Waals surface area contributed by atoms with E-state index in [9.17, 15) is 4.79 Å². The molecule has 2 aromatic rings. The standard InChI is InChI=1S/C17H16N2O/c18-15-9-7-13(8-10-15)4-3-11-19-12-14-5-1-2-6-16(14)17(19)20/h1-10H,11-12,18H2. The first-order chi connectivity index (χ1) is 9.74. The van der Waals surface area contributed by atoms with E-state index in [0.29, 0.717) is 13.1 Å². The van der Waals surface area contributed by atoms with Crippen molar-refractivity contribution in [1.82, 2.24) is 4.90 Å². The Labute approximate surface area is 118 Å². The quantitative estimate of drug-likeness (QED) is 0.866. The van der Waals surface area contributed by atoms with E-state index in [4.69, 9.17) is 5.73 Å². The Kier molecular flexibility index (Phi) is 3.25. The number of anilines is 1. The van der Waals surface area contributed by atoms with Crippen LogP contribution in [0.3, 0.4) is 0 Å². The van der Waals surface area contributed by atoms with Crippen molar-refractivity contribution in [2.75, 3.05) is 12.3 Å². The smallest absolute Gasteiger partial charge is 0.254 e. The Balaban J connectivity index is 1.66. The lowest BCUT2D eigenvalue weighted by atomic mass is 10.1. The van der Waals surface area contributed by atoms with Crippen LogP contribution in [0.4, 0.5) is 5.69 Å². The van der Waals surface area contributed by atoms with E-state index in [1.54, 1.807) is 0 Å². The molecule has 0 saturated carbocycles. The van der Waals surface area contributed by atoms with Gasteiger partial charge in [0, 0.05) is 24.3 Å². The summed E-state index contributed by atoms with van der Waals surface area (Å²) in [4.78, 5) is 14.0. The molecule has 3 nitrogen and oxygen atoms in total. The normalized spacial score (nSPS) is 14.0. The van der Waals surface area contributed by atoms with Gasteiger partial charge in [0.2, 0.25) is 0 Å². The molecule has 0 atom stereocenters. The van der Waals surface area contributed by atoms with Gasteiger partial charge in [-0.1, -0.05) is 42.5 Å². The molecule has 3 rings (SSSR count). The zero-order valence-electron chi connectivity index (χ0n) is 11.1. The third-order valence-electron chi connectivity index (χ3n) is 3.47. The van der Waals surface area contributed by atoms with Crippen LogP contribution in [0.1, 0.15) is 21.5 Å². The summed E-state index contributed by atoms with van der Waals surface area (Å²) in [6.07, 6.45) is 4.02. The number of carbonyl (C=O) groups excluding carboxylic acids is 1. The molecule has 2 aromatic carbocycles. The Hall–Kier alpha value is -2.55. The van der Waals surface area contributed by atoms with Gasteiger partial charge in [0.05, 0.1) is 0 Å². The van der Waals surface area contributed by atoms with Gasteiger partial charge >= 0.3 is 0 Å². The van der Waals surface area contributed by atoms with Crippen molar-refractivity contribution in [3.8, 4) is 0 Å². The lowest BCUT2D eigenvalue weighted by Crippen LogP contribution is -2.23. The molecule has 1 aliphatic rings. The van der Waals surface area contributed by atoms with Crippen LogP contribution in [-0.2, 0) is 6.54 Å². The Morgan fingerprint density at radius 1 is 1.10 bits per heavy atom. The van der Waals surface area contributed by atoms with E-state index >= 15 is 0 Å². The number of hydrogen-bond acceptors (Lipinski definition) is 2. The van der Waals surface area contributed by atoms with Crippen molar-refractivity contribution in [3.05, 3.63) is 71.3 Å². The Morgan fingerprint density at radius 3 is 2.60 bits per heavy atom. The number of nitrogen functional groups attached to an aromatic ring is 1. The molecule has 0 aliphatic carbocycles. The molecular weight excluding hydrogens is 248 g/mol. The van der Waals surface area contributed by atoms with Crippen LogP contribution in [-0.4, -0.2) is 17.4 Å². The van der Waals surface area contributed by atoms with Gasteiger partial charge in [-0.15, -0.1) is 0 Å². The summed E-state index contributed by atoms with van der Waals surface area (Å²) in [5.41, 5.74) is 9.42. The minimum Gasteiger partial charge on any atom is -0.399 e. The molecule has 0 fully saturated rings. The molecule has 0 saturated heterocycles. The van der Waals surface area contributed by atoms with Gasteiger partial charge in [0.1, 0.15) is 0 Å². The maximum absolute atomic E-state index is 12.2. The van der Waals surface area contributed by atoms with Crippen molar-refractivity contribution < 1.29 is 4.79 Å². The summed E-state index contributed by atoms with van der Waals surface area (Å²) in [6.45, 7) is 1.32. The lowest BCUT2D eigenvalue weighted by Gasteiger charge is -2.12. The van der Waals surface area contributed by atoms with Crippen LogP contribution < -0.4 is 5.73 Å². The maximum Gasteiger partial charge on any atom is 0.254 e. The van der Waals surface area contributed by atoms with Gasteiger partial charge in [0.25, 0.3) is 5.91 Å². The molecule has 0 radical (unpaired) electrons. The van der Waals surface area contributed by atoms with Crippen molar-refractivity contribution in [1.29, 1.82) is 0 Å². The van der Waals surface area contributed by atoms with Crippen LogP contribution in [0.25, 0.3) is 6.08 Å². The molecule has 2 N–H and O–H groups in total. The first kappa shape index (κ1) is 12.5. The topological polar surface area (TPSA) is 46.3 Å². The van der Waals surface area contributed by atoms with E-state index in [1.165, 1.54) is 0 Å². The van der Waals surface area contributed by atoms with Crippen LogP contribution >= 0.6 is 0 Å². The van der Waals surface area contributed by atoms with Gasteiger partial charge in [-0.2, -0.15) is 0 Å². The molecule has 0 spiro atoms. The fourth-order valence-corrected chi connectivity index (χ4v) is 2.39. The zero-order valence-corrected chi connectivity index (χ0v) is 11.1. The predicted molar refractivity (Wildman–Crippen MR) is 81.1 cm³/mol. The number of benzene rings is 2. The minimum absolute atomic E-state index is 0.113. The third-order valence-corrected chi connectivity index (χ3v) is 3.47. The average molecular weight is 264 g/mol. The lowest BCUT2D eigenvalue weighted by molar-refractivity contribution is 0.0796. The maximum atomic E-state index is 12.2. The second-order valence-corrected chi connectivity index (χ2v) is 4.91. The van der Waals surface area contributed by atoms with E-state index in [-0.39, 0.29) is 5.91 Å². The van der Waals surface area contributed by atoms with Gasteiger partial charge in [-0.25, -0.2) is 0 Å². The first-order valence-corrected chi connectivity index (χ1v) is 6.63. The van der Waals surface area contributed by atoms with Gasteiger partial charge in [-0.05, 0) is 29.3 Å². The molecule has 3 heteroatoms. The average Bonchev–Trinajstić information content (AvgIpc) is 2.78. The summed E-state index contributed by atoms with van der Waals surface area (Å²) < 4.78 is 0. The summed E-state index contributed by atoms with van der Waals surface area (Å²) in [5, 5.41) is 0. The van der Waals surface area contributed by atoms with Gasteiger partial charge < -0.3 is 10.6 Å².